The van der Waals surface area contributed by atoms with Crippen LogP contribution in [-0.2, 0) is 4.79 Å². The smallest absolute Gasteiger partial charge is 0.296 e. The zero-order valence-electron chi connectivity index (χ0n) is 18.0. The second-order valence-electron chi connectivity index (χ2n) is 7.84. The number of anilines is 1. The summed E-state index contributed by atoms with van der Waals surface area (Å²) in [5.74, 6) is -2.16. The molecule has 7 nitrogen and oxygen atoms in total. The molecule has 1 N–H and O–H groups in total. The number of aryl methyl sites for hydroxylation is 1. The molecule has 3 heterocycles. The van der Waals surface area contributed by atoms with Crippen molar-refractivity contribution in [2.75, 3.05) is 4.90 Å². The van der Waals surface area contributed by atoms with E-state index in [0.29, 0.717) is 21.7 Å². The first kappa shape index (κ1) is 22.5. The van der Waals surface area contributed by atoms with Crippen LogP contribution < -0.4 is 4.90 Å². The van der Waals surface area contributed by atoms with E-state index in [1.54, 1.807) is 37.3 Å². The number of carbonyl (C=O) groups is 3. The summed E-state index contributed by atoms with van der Waals surface area (Å²) in [7, 11) is 0. The van der Waals surface area contributed by atoms with Crippen LogP contribution in [0.2, 0.25) is 0 Å². The van der Waals surface area contributed by atoms with E-state index >= 15 is 0 Å². The van der Waals surface area contributed by atoms with Gasteiger partial charge in [0.1, 0.15) is 5.58 Å². The predicted octanol–water partition coefficient (Wildman–Crippen LogP) is 5.79. The number of Topliss-reactive ketones (excluding diaryl/α,β-unsaturated/α-hetero) is 2. The lowest BCUT2D eigenvalue weighted by molar-refractivity contribution is -0.117. The molecule has 1 amide bonds. The van der Waals surface area contributed by atoms with Crippen molar-refractivity contribution in [3.63, 3.8) is 0 Å². The van der Waals surface area contributed by atoms with Gasteiger partial charge in [-0.05, 0) is 59.3 Å². The van der Waals surface area contributed by atoms with E-state index < -0.39 is 23.5 Å². The van der Waals surface area contributed by atoms with Gasteiger partial charge in [-0.1, -0.05) is 41.7 Å². The number of fused-ring (bicyclic) bond motifs is 1. The molecular weight excluding hydrogens is 567 g/mol. The van der Waals surface area contributed by atoms with Gasteiger partial charge in [0.05, 0.1) is 22.2 Å². The Labute approximate surface area is 211 Å². The molecule has 1 unspecified atom stereocenters. The first-order valence-corrected chi connectivity index (χ1v) is 12.2. The molecule has 2 aromatic carbocycles. The Bertz CT molecular complexity index is 1480. The maximum atomic E-state index is 13.6. The van der Waals surface area contributed by atoms with Crippen LogP contribution in [0.15, 0.2) is 70.3 Å². The van der Waals surface area contributed by atoms with Crippen molar-refractivity contribution in [2.45, 2.75) is 19.9 Å². The van der Waals surface area contributed by atoms with E-state index in [9.17, 15) is 19.5 Å². The number of furan rings is 1. The number of carbonyl (C=O) groups excluding carboxylic acids is 3. The quantitative estimate of drug-likeness (QED) is 0.236. The fourth-order valence-electron chi connectivity index (χ4n) is 4.03. The van der Waals surface area contributed by atoms with Gasteiger partial charge in [-0.3, -0.25) is 19.3 Å². The van der Waals surface area contributed by atoms with Gasteiger partial charge in [0.25, 0.3) is 5.91 Å². The van der Waals surface area contributed by atoms with E-state index in [2.05, 4.69) is 27.6 Å². The molecule has 1 aliphatic rings. The molecule has 9 heteroatoms. The number of aliphatic hydroxyl groups excluding tert-OH is 1. The zero-order valence-corrected chi connectivity index (χ0v) is 21.0. The Morgan fingerprint density at radius 1 is 1.15 bits per heavy atom. The van der Waals surface area contributed by atoms with Gasteiger partial charge in [0, 0.05) is 15.9 Å². The number of rotatable bonds is 5. The Morgan fingerprint density at radius 2 is 1.85 bits per heavy atom. The van der Waals surface area contributed by atoms with Crippen LogP contribution in [0.3, 0.4) is 0 Å². The van der Waals surface area contributed by atoms with Crippen LogP contribution in [-0.4, -0.2) is 27.6 Å². The Kier molecular flexibility index (Phi) is 5.61. The molecule has 0 aliphatic carbocycles. The van der Waals surface area contributed by atoms with Crippen LogP contribution >= 0.6 is 33.9 Å². The summed E-state index contributed by atoms with van der Waals surface area (Å²) in [6.07, 6.45) is 0. The summed E-state index contributed by atoms with van der Waals surface area (Å²) < 4.78 is 6.71. The number of halogens is 1. The molecule has 0 radical (unpaired) electrons. The largest absolute Gasteiger partial charge is 0.503 e. The SMILES string of the molecule is CC(=O)c1sc(N2C(=O)C(O)=C(C(=O)c3cc4ccccc4o3)C2c2ccc(I)cc2)nc1C. The van der Waals surface area contributed by atoms with Crippen LogP contribution in [0.1, 0.15) is 44.4 Å². The first-order chi connectivity index (χ1) is 16.3. The molecule has 1 aliphatic heterocycles. The maximum Gasteiger partial charge on any atom is 0.296 e. The summed E-state index contributed by atoms with van der Waals surface area (Å²) in [6.45, 7) is 3.11. The Morgan fingerprint density at radius 3 is 2.50 bits per heavy atom. The summed E-state index contributed by atoms with van der Waals surface area (Å²) in [5, 5.41) is 11.9. The van der Waals surface area contributed by atoms with E-state index in [-0.39, 0.29) is 22.2 Å². The minimum atomic E-state index is -0.935. The van der Waals surface area contributed by atoms with Gasteiger partial charge in [-0.2, -0.15) is 0 Å². The third-order valence-corrected chi connectivity index (χ3v) is 7.58. The molecule has 0 saturated heterocycles. The number of ketones is 2. The highest BCUT2D eigenvalue weighted by Gasteiger charge is 2.46. The fourth-order valence-corrected chi connectivity index (χ4v) is 5.38. The maximum absolute atomic E-state index is 13.6. The molecule has 2 aromatic heterocycles. The number of aliphatic hydroxyl groups is 1. The van der Waals surface area contributed by atoms with Crippen molar-refractivity contribution in [1.82, 2.24) is 4.98 Å². The number of hydrogen-bond donors (Lipinski definition) is 1. The standard InChI is InChI=1S/C25H17IN2O5S/c1-12-23(13(2)29)34-25(27-12)28-20(14-7-9-16(26)10-8-14)19(22(31)24(28)32)21(30)18-11-15-5-3-4-6-17(15)33-18/h3-11,20,31H,1-2H3. The van der Waals surface area contributed by atoms with Gasteiger partial charge >= 0.3 is 0 Å². The number of aromatic nitrogens is 1. The summed E-state index contributed by atoms with van der Waals surface area (Å²) in [4.78, 5) is 45.0. The predicted molar refractivity (Wildman–Crippen MR) is 136 cm³/mol. The topological polar surface area (TPSA) is 101 Å². The number of para-hydroxylation sites is 1. The zero-order chi connectivity index (χ0) is 24.1. The fraction of sp³-hybridized carbons (Fsp3) is 0.120. The van der Waals surface area contributed by atoms with Crippen LogP contribution in [0, 0.1) is 10.5 Å². The van der Waals surface area contributed by atoms with Gasteiger partial charge in [0.2, 0.25) is 5.78 Å². The minimum absolute atomic E-state index is 0.0210. The third kappa shape index (κ3) is 3.64. The number of nitrogens with zero attached hydrogens (tertiary/aromatic N) is 2. The average Bonchev–Trinajstić information content (AvgIpc) is 3.48. The molecule has 1 atom stereocenters. The Balaban J connectivity index is 1.67. The van der Waals surface area contributed by atoms with Gasteiger partial charge in [0.15, 0.2) is 22.4 Å². The van der Waals surface area contributed by atoms with Crippen LogP contribution in [0.25, 0.3) is 11.0 Å². The monoisotopic (exact) mass is 584 g/mol. The van der Waals surface area contributed by atoms with Gasteiger partial charge in [-0.25, -0.2) is 4.98 Å². The van der Waals surface area contributed by atoms with E-state index in [4.69, 9.17) is 4.42 Å². The highest BCUT2D eigenvalue weighted by molar-refractivity contribution is 14.1. The minimum Gasteiger partial charge on any atom is -0.503 e. The van der Waals surface area contributed by atoms with Crippen molar-refractivity contribution in [3.8, 4) is 0 Å². The van der Waals surface area contributed by atoms with Crippen LogP contribution in [0.4, 0.5) is 5.13 Å². The lowest BCUT2D eigenvalue weighted by Gasteiger charge is -2.24. The van der Waals surface area contributed by atoms with E-state index in [0.717, 1.165) is 20.3 Å². The van der Waals surface area contributed by atoms with Crippen molar-refractivity contribution >= 4 is 67.5 Å². The lowest BCUT2D eigenvalue weighted by atomic mass is 9.95. The second-order valence-corrected chi connectivity index (χ2v) is 10.1. The summed E-state index contributed by atoms with van der Waals surface area (Å²) >= 11 is 3.22. The van der Waals surface area contributed by atoms with Crippen molar-refractivity contribution in [1.29, 1.82) is 0 Å². The highest BCUT2D eigenvalue weighted by Crippen LogP contribution is 2.44. The average molecular weight is 584 g/mol. The van der Waals surface area contributed by atoms with Crippen molar-refractivity contribution in [2.24, 2.45) is 0 Å². The number of hydrogen-bond acceptors (Lipinski definition) is 7. The van der Waals surface area contributed by atoms with E-state index in [1.807, 2.05) is 24.3 Å². The highest BCUT2D eigenvalue weighted by atomic mass is 127. The van der Waals surface area contributed by atoms with Crippen molar-refractivity contribution in [3.05, 3.63) is 91.4 Å². The molecular formula is C25H17IN2O5S. The molecule has 0 spiro atoms. The van der Waals surface area contributed by atoms with Gasteiger partial charge in [-0.15, -0.1) is 0 Å². The normalized spacial score (nSPS) is 16.0. The van der Waals surface area contributed by atoms with E-state index in [1.165, 1.54) is 11.8 Å². The summed E-state index contributed by atoms with van der Waals surface area (Å²) in [6, 6.07) is 15.1. The second kappa shape index (κ2) is 8.48. The molecule has 0 bridgehead atoms. The third-order valence-electron chi connectivity index (χ3n) is 5.60. The molecule has 4 aromatic rings. The number of thiazole rings is 1. The number of benzene rings is 2. The first-order valence-electron chi connectivity index (χ1n) is 10.3. The number of amides is 1. The molecule has 170 valence electrons. The molecule has 5 rings (SSSR count). The van der Waals surface area contributed by atoms with Gasteiger partial charge < -0.3 is 9.52 Å². The van der Waals surface area contributed by atoms with Crippen molar-refractivity contribution < 1.29 is 23.9 Å². The summed E-state index contributed by atoms with van der Waals surface area (Å²) in [5.41, 5.74) is 1.54. The van der Waals surface area contributed by atoms with Crippen LogP contribution in [0.5, 0.6) is 0 Å². The molecule has 0 saturated carbocycles. The molecule has 0 fully saturated rings. The molecule has 34 heavy (non-hydrogen) atoms. The lowest BCUT2D eigenvalue weighted by Crippen LogP contribution is -2.31. The Hall–Kier alpha value is -3.31.